The highest BCUT2D eigenvalue weighted by Crippen LogP contribution is 2.29. The van der Waals surface area contributed by atoms with Crippen LogP contribution in [0.4, 0.5) is 10.1 Å². The number of nitrogens with zero attached hydrogens (tertiary/aromatic N) is 1. The summed E-state index contributed by atoms with van der Waals surface area (Å²) in [6.07, 6.45) is 4.38. The van der Waals surface area contributed by atoms with Gasteiger partial charge in [-0.25, -0.2) is 4.39 Å². The summed E-state index contributed by atoms with van der Waals surface area (Å²) in [6, 6.07) is 17.0. The number of nitrogens with one attached hydrogen (secondary N) is 1. The summed E-state index contributed by atoms with van der Waals surface area (Å²) < 4.78 is 13.7. The summed E-state index contributed by atoms with van der Waals surface area (Å²) in [5, 5.41) is 3.31. The highest BCUT2D eigenvalue weighted by molar-refractivity contribution is 7.80. The molecule has 0 radical (unpaired) electrons. The van der Waals surface area contributed by atoms with Crippen LogP contribution in [0.15, 0.2) is 54.6 Å². The van der Waals surface area contributed by atoms with E-state index in [0.29, 0.717) is 6.42 Å². The van der Waals surface area contributed by atoms with Crippen LogP contribution in [0, 0.1) is 5.82 Å². The topological polar surface area (TPSA) is 15.3 Å². The normalized spacial score (nSPS) is 16.5. The number of para-hydroxylation sites is 1. The van der Waals surface area contributed by atoms with Gasteiger partial charge in [0.25, 0.3) is 0 Å². The molecule has 1 aliphatic rings. The highest BCUT2D eigenvalue weighted by Gasteiger charge is 2.24. The number of benzene rings is 2. The van der Waals surface area contributed by atoms with Crippen molar-refractivity contribution in [3.8, 4) is 0 Å². The molecular weight excluding hydrogens is 319 g/mol. The first-order valence-electron chi connectivity index (χ1n) is 8.57. The minimum Gasteiger partial charge on any atom is -0.350 e. The van der Waals surface area contributed by atoms with Crippen molar-refractivity contribution in [2.24, 2.45) is 0 Å². The second-order valence-electron chi connectivity index (χ2n) is 6.29. The van der Waals surface area contributed by atoms with Gasteiger partial charge in [0.2, 0.25) is 0 Å². The van der Waals surface area contributed by atoms with Gasteiger partial charge >= 0.3 is 0 Å². The summed E-state index contributed by atoms with van der Waals surface area (Å²) >= 11 is 5.58. The Bertz CT molecular complexity index is 668. The molecule has 1 fully saturated rings. The lowest BCUT2D eigenvalue weighted by molar-refractivity contribution is 0.167. The molecule has 0 amide bonds. The van der Waals surface area contributed by atoms with Crippen LogP contribution in [0.3, 0.4) is 0 Å². The van der Waals surface area contributed by atoms with Crippen molar-refractivity contribution < 1.29 is 4.39 Å². The van der Waals surface area contributed by atoms with Crippen LogP contribution in [0.5, 0.6) is 0 Å². The van der Waals surface area contributed by atoms with Crippen molar-refractivity contribution in [3.05, 3.63) is 66.0 Å². The minimum atomic E-state index is -0.184. The molecule has 0 bridgehead atoms. The van der Waals surface area contributed by atoms with Crippen molar-refractivity contribution in [2.45, 2.75) is 31.7 Å². The molecule has 3 rings (SSSR count). The standard InChI is InChI=1S/C20H23FN2S/c21-17-9-7-8-16(14-17)19(23-12-5-2-6-13-23)15-20(24)22-18-10-3-1-4-11-18/h1,3-4,7-11,14,19H,2,5-6,12-13,15H2,(H,22,24)/t19-/m0/s1. The average molecular weight is 342 g/mol. The number of thiocarbonyl (C=S) groups is 1. The van der Waals surface area contributed by atoms with E-state index >= 15 is 0 Å². The van der Waals surface area contributed by atoms with Crippen molar-refractivity contribution in [1.29, 1.82) is 0 Å². The lowest BCUT2D eigenvalue weighted by Crippen LogP contribution is -2.35. The van der Waals surface area contributed by atoms with Gasteiger partial charge in [0.15, 0.2) is 0 Å². The first-order valence-corrected chi connectivity index (χ1v) is 8.97. The molecule has 1 atom stereocenters. The molecule has 1 N–H and O–H groups in total. The second-order valence-corrected chi connectivity index (χ2v) is 6.78. The zero-order valence-corrected chi connectivity index (χ0v) is 14.6. The van der Waals surface area contributed by atoms with Crippen molar-refractivity contribution in [3.63, 3.8) is 0 Å². The third-order valence-corrected chi connectivity index (χ3v) is 4.77. The third-order valence-electron chi connectivity index (χ3n) is 4.50. The number of hydrogen-bond donors (Lipinski definition) is 1. The smallest absolute Gasteiger partial charge is 0.123 e. The first kappa shape index (κ1) is 17.1. The zero-order chi connectivity index (χ0) is 16.8. The Hall–Kier alpha value is -1.78. The zero-order valence-electron chi connectivity index (χ0n) is 13.7. The summed E-state index contributed by atoms with van der Waals surface area (Å²) in [7, 11) is 0. The van der Waals surface area contributed by atoms with Crippen LogP contribution in [-0.2, 0) is 0 Å². The molecule has 0 spiro atoms. The summed E-state index contributed by atoms with van der Waals surface area (Å²) in [5.41, 5.74) is 2.01. The van der Waals surface area contributed by atoms with E-state index in [9.17, 15) is 4.39 Å². The molecule has 0 aromatic heterocycles. The van der Waals surface area contributed by atoms with Gasteiger partial charge in [-0.15, -0.1) is 0 Å². The van der Waals surface area contributed by atoms with Crippen LogP contribution < -0.4 is 5.32 Å². The molecule has 1 aliphatic heterocycles. The second kappa shape index (κ2) is 8.36. The average Bonchev–Trinajstić information content (AvgIpc) is 2.61. The lowest BCUT2D eigenvalue weighted by atomic mass is 9.98. The van der Waals surface area contributed by atoms with Crippen molar-refractivity contribution in [1.82, 2.24) is 4.90 Å². The molecule has 24 heavy (non-hydrogen) atoms. The molecule has 4 heteroatoms. The molecule has 0 unspecified atom stereocenters. The molecule has 126 valence electrons. The van der Waals surface area contributed by atoms with Crippen LogP contribution >= 0.6 is 12.2 Å². The third kappa shape index (κ3) is 4.62. The number of halogens is 1. The van der Waals surface area contributed by atoms with Gasteiger partial charge in [0.1, 0.15) is 5.82 Å². The molecule has 2 aromatic carbocycles. The minimum absolute atomic E-state index is 0.129. The van der Waals surface area contributed by atoms with Crippen molar-refractivity contribution in [2.75, 3.05) is 18.4 Å². The first-order chi connectivity index (χ1) is 11.7. The Morgan fingerprint density at radius 1 is 1.04 bits per heavy atom. The van der Waals surface area contributed by atoms with E-state index in [0.717, 1.165) is 29.3 Å². The maximum absolute atomic E-state index is 13.7. The molecule has 0 aliphatic carbocycles. The van der Waals surface area contributed by atoms with Crippen LogP contribution in [0.25, 0.3) is 0 Å². The van der Waals surface area contributed by atoms with Gasteiger partial charge in [-0.3, -0.25) is 4.90 Å². The van der Waals surface area contributed by atoms with Crippen molar-refractivity contribution >= 4 is 22.9 Å². The van der Waals surface area contributed by atoms with Gasteiger partial charge in [-0.2, -0.15) is 0 Å². The van der Waals surface area contributed by atoms with E-state index in [1.807, 2.05) is 36.4 Å². The van der Waals surface area contributed by atoms with Gasteiger partial charge in [-0.1, -0.05) is 49.0 Å². The Morgan fingerprint density at radius 3 is 2.50 bits per heavy atom. The summed E-state index contributed by atoms with van der Waals surface area (Å²) in [5.74, 6) is -0.184. The largest absolute Gasteiger partial charge is 0.350 e. The molecule has 0 saturated carbocycles. The summed E-state index contributed by atoms with van der Waals surface area (Å²) in [4.78, 5) is 3.23. The van der Waals surface area contributed by atoms with Crippen LogP contribution in [0.1, 0.15) is 37.3 Å². The van der Waals surface area contributed by atoms with E-state index in [-0.39, 0.29) is 11.9 Å². The van der Waals surface area contributed by atoms with Gasteiger partial charge in [-0.05, 0) is 55.8 Å². The van der Waals surface area contributed by atoms with E-state index in [1.165, 1.54) is 25.3 Å². The number of piperidine rings is 1. The van der Waals surface area contributed by atoms with Gasteiger partial charge in [0, 0.05) is 18.2 Å². The number of likely N-dealkylation sites (tertiary alicyclic amines) is 1. The van der Waals surface area contributed by atoms with E-state index in [2.05, 4.69) is 10.2 Å². The number of hydrogen-bond acceptors (Lipinski definition) is 2. The Morgan fingerprint density at radius 2 is 1.79 bits per heavy atom. The van der Waals surface area contributed by atoms with E-state index < -0.39 is 0 Å². The van der Waals surface area contributed by atoms with E-state index in [1.54, 1.807) is 12.1 Å². The Kier molecular flexibility index (Phi) is 5.94. The Labute approximate surface area is 148 Å². The highest BCUT2D eigenvalue weighted by atomic mass is 32.1. The van der Waals surface area contributed by atoms with E-state index in [4.69, 9.17) is 12.2 Å². The lowest BCUT2D eigenvalue weighted by Gasteiger charge is -2.35. The van der Waals surface area contributed by atoms with Gasteiger partial charge in [0.05, 0.1) is 4.99 Å². The quantitative estimate of drug-likeness (QED) is 0.754. The fraction of sp³-hybridized carbons (Fsp3) is 0.350. The Balaban J connectivity index is 1.75. The molecule has 1 saturated heterocycles. The molecular formula is C20H23FN2S. The predicted molar refractivity (Wildman–Crippen MR) is 102 cm³/mol. The number of rotatable bonds is 5. The monoisotopic (exact) mass is 342 g/mol. The molecule has 1 heterocycles. The predicted octanol–water partition coefficient (Wildman–Crippen LogP) is 5.18. The summed E-state index contributed by atoms with van der Waals surface area (Å²) in [6.45, 7) is 2.10. The van der Waals surface area contributed by atoms with Crippen LogP contribution in [-0.4, -0.2) is 23.0 Å². The number of anilines is 1. The van der Waals surface area contributed by atoms with Gasteiger partial charge < -0.3 is 5.32 Å². The molecule has 2 nitrogen and oxygen atoms in total. The fourth-order valence-electron chi connectivity index (χ4n) is 3.31. The SMILES string of the molecule is Fc1cccc([C@H](CC(=S)Nc2ccccc2)N2CCCCC2)c1. The maximum Gasteiger partial charge on any atom is 0.123 e. The van der Waals surface area contributed by atoms with Crippen LogP contribution in [0.2, 0.25) is 0 Å². The fourth-order valence-corrected chi connectivity index (χ4v) is 3.59. The molecule has 2 aromatic rings. The maximum atomic E-state index is 13.7.